The van der Waals surface area contributed by atoms with Crippen molar-refractivity contribution < 1.29 is 19.2 Å². The molecule has 0 unspecified atom stereocenters. The zero-order chi connectivity index (χ0) is 18.7. The fourth-order valence-electron chi connectivity index (χ4n) is 2.73. The summed E-state index contributed by atoms with van der Waals surface area (Å²) in [6.07, 6.45) is -0.303. The van der Waals surface area contributed by atoms with Crippen molar-refractivity contribution in [2.24, 2.45) is 0 Å². The van der Waals surface area contributed by atoms with Crippen LogP contribution in [0.1, 0.15) is 17.3 Å². The van der Waals surface area contributed by atoms with Crippen LogP contribution in [-0.2, 0) is 0 Å². The highest BCUT2D eigenvalue weighted by Gasteiger charge is 2.26. The van der Waals surface area contributed by atoms with Gasteiger partial charge in [-0.3, -0.25) is 14.9 Å². The second-order valence-corrected chi connectivity index (χ2v) is 6.17. The molecule has 1 aliphatic heterocycles. The molecule has 0 aliphatic carbocycles. The number of likely N-dealkylation sites (N-methyl/N-ethyl adjacent to an activating group) is 1. The number of hydrogen-bond donors (Lipinski definition) is 0. The van der Waals surface area contributed by atoms with Crippen molar-refractivity contribution in [1.29, 1.82) is 0 Å². The molecule has 26 heavy (non-hydrogen) atoms. The van der Waals surface area contributed by atoms with Crippen molar-refractivity contribution in [3.8, 4) is 11.5 Å². The second kappa shape index (κ2) is 7.61. The van der Waals surface area contributed by atoms with Gasteiger partial charge in [0.25, 0.3) is 11.6 Å². The van der Waals surface area contributed by atoms with Crippen molar-refractivity contribution in [1.82, 2.24) is 4.90 Å². The second-order valence-electron chi connectivity index (χ2n) is 5.76. The van der Waals surface area contributed by atoms with Crippen LogP contribution in [0.5, 0.6) is 11.5 Å². The van der Waals surface area contributed by atoms with Crippen LogP contribution in [0.4, 0.5) is 5.69 Å². The minimum Gasteiger partial charge on any atom is -0.486 e. The first kappa shape index (κ1) is 18.0. The summed E-state index contributed by atoms with van der Waals surface area (Å²) < 4.78 is 11.6. The molecule has 0 fully saturated rings. The van der Waals surface area contributed by atoms with Gasteiger partial charge in [0, 0.05) is 18.2 Å². The summed E-state index contributed by atoms with van der Waals surface area (Å²) in [4.78, 5) is 24.6. The Kier molecular flexibility index (Phi) is 5.27. The maximum absolute atomic E-state index is 12.7. The van der Waals surface area contributed by atoms with Gasteiger partial charge in [-0.1, -0.05) is 23.7 Å². The van der Waals surface area contributed by atoms with Crippen LogP contribution in [0.2, 0.25) is 5.02 Å². The van der Waals surface area contributed by atoms with Crippen LogP contribution in [0.3, 0.4) is 0 Å². The summed E-state index contributed by atoms with van der Waals surface area (Å²) in [6.45, 7) is 2.97. The largest absolute Gasteiger partial charge is 0.486 e. The van der Waals surface area contributed by atoms with Crippen molar-refractivity contribution >= 4 is 23.2 Å². The SMILES string of the molecule is CCN(C[C@H]1COc2ccccc2O1)C(=O)c1ccc([N+](=O)[O-])c(Cl)c1. The molecular formula is C18H17ClN2O5. The first-order valence-corrected chi connectivity index (χ1v) is 8.49. The quantitative estimate of drug-likeness (QED) is 0.588. The molecule has 3 rings (SSSR count). The lowest BCUT2D eigenvalue weighted by atomic mass is 10.1. The molecule has 0 spiro atoms. The molecule has 136 valence electrons. The van der Waals surface area contributed by atoms with E-state index in [0.29, 0.717) is 36.8 Å². The van der Waals surface area contributed by atoms with Crippen LogP contribution in [-0.4, -0.2) is 41.5 Å². The molecule has 0 bridgehead atoms. The summed E-state index contributed by atoms with van der Waals surface area (Å²) in [5, 5.41) is 10.8. The molecule has 1 amide bonds. The van der Waals surface area contributed by atoms with E-state index >= 15 is 0 Å². The minimum atomic E-state index is -0.584. The van der Waals surface area contributed by atoms with Crippen LogP contribution >= 0.6 is 11.6 Å². The summed E-state index contributed by atoms with van der Waals surface area (Å²) in [5.74, 6) is 1.05. The third kappa shape index (κ3) is 3.72. The Morgan fingerprint density at radius 3 is 2.69 bits per heavy atom. The molecular weight excluding hydrogens is 360 g/mol. The molecule has 0 radical (unpaired) electrons. The Bertz CT molecular complexity index is 842. The highest BCUT2D eigenvalue weighted by molar-refractivity contribution is 6.33. The third-order valence-corrected chi connectivity index (χ3v) is 4.35. The Morgan fingerprint density at radius 2 is 2.04 bits per heavy atom. The van der Waals surface area contributed by atoms with E-state index in [1.807, 2.05) is 31.2 Å². The number of ether oxygens (including phenoxy) is 2. The van der Waals surface area contributed by atoms with E-state index in [4.69, 9.17) is 21.1 Å². The Hall–Kier alpha value is -2.80. The van der Waals surface area contributed by atoms with Crippen LogP contribution < -0.4 is 9.47 Å². The Balaban J connectivity index is 1.72. The summed E-state index contributed by atoms with van der Waals surface area (Å²) >= 11 is 5.91. The molecule has 8 heteroatoms. The standard InChI is InChI=1S/C18H17ClN2O5/c1-2-20(10-13-11-25-16-5-3-4-6-17(16)26-13)18(22)12-7-8-15(21(23)24)14(19)9-12/h3-9,13H,2,10-11H2,1H3/t13-/m0/s1. The number of nitro groups is 1. The van der Waals surface area contributed by atoms with E-state index in [0.717, 1.165) is 0 Å². The topological polar surface area (TPSA) is 81.9 Å². The number of carbonyl (C=O) groups is 1. The number of nitrogens with zero attached hydrogens (tertiary/aromatic N) is 2. The molecule has 1 atom stereocenters. The maximum atomic E-state index is 12.7. The smallest absolute Gasteiger partial charge is 0.287 e. The van der Waals surface area contributed by atoms with Gasteiger partial charge in [-0.05, 0) is 31.2 Å². The summed E-state index contributed by atoms with van der Waals surface area (Å²) in [7, 11) is 0. The lowest BCUT2D eigenvalue weighted by Gasteiger charge is -2.31. The van der Waals surface area contributed by atoms with Crippen LogP contribution in [0.25, 0.3) is 0 Å². The van der Waals surface area contributed by atoms with Crippen molar-refractivity contribution in [3.05, 3.63) is 63.2 Å². The molecule has 0 aromatic heterocycles. The average molecular weight is 377 g/mol. The van der Waals surface area contributed by atoms with E-state index in [2.05, 4.69) is 0 Å². The fraction of sp³-hybridized carbons (Fsp3) is 0.278. The Morgan fingerprint density at radius 1 is 1.31 bits per heavy atom. The number of para-hydroxylation sites is 2. The normalized spacial score (nSPS) is 15.4. The van der Waals surface area contributed by atoms with Crippen LogP contribution in [0, 0.1) is 10.1 Å². The van der Waals surface area contributed by atoms with Gasteiger partial charge in [0.1, 0.15) is 11.6 Å². The average Bonchev–Trinajstić information content (AvgIpc) is 2.65. The predicted octanol–water partition coefficient (Wildman–Crippen LogP) is 3.55. The van der Waals surface area contributed by atoms with E-state index in [1.165, 1.54) is 18.2 Å². The van der Waals surface area contributed by atoms with Gasteiger partial charge in [-0.25, -0.2) is 0 Å². The molecule has 2 aromatic carbocycles. The first-order chi connectivity index (χ1) is 12.5. The molecule has 1 aliphatic rings. The summed E-state index contributed by atoms with van der Waals surface area (Å²) in [6, 6.07) is 11.3. The number of hydrogen-bond acceptors (Lipinski definition) is 5. The van der Waals surface area contributed by atoms with Gasteiger partial charge >= 0.3 is 0 Å². The number of rotatable bonds is 5. The molecule has 0 saturated carbocycles. The molecule has 0 saturated heterocycles. The molecule has 1 heterocycles. The molecule has 0 N–H and O–H groups in total. The van der Waals surface area contributed by atoms with Gasteiger partial charge in [0.05, 0.1) is 11.5 Å². The summed E-state index contributed by atoms with van der Waals surface area (Å²) in [5.41, 5.74) is 0.0615. The zero-order valence-electron chi connectivity index (χ0n) is 14.1. The lowest BCUT2D eigenvalue weighted by Crippen LogP contribution is -2.43. The number of nitro benzene ring substituents is 1. The predicted molar refractivity (Wildman–Crippen MR) is 96.0 cm³/mol. The first-order valence-electron chi connectivity index (χ1n) is 8.11. The van der Waals surface area contributed by atoms with Crippen molar-refractivity contribution in [2.75, 3.05) is 19.7 Å². The fourth-order valence-corrected chi connectivity index (χ4v) is 2.97. The lowest BCUT2D eigenvalue weighted by molar-refractivity contribution is -0.384. The number of fused-ring (bicyclic) bond motifs is 1. The van der Waals surface area contributed by atoms with E-state index in [9.17, 15) is 14.9 Å². The number of halogens is 1. The van der Waals surface area contributed by atoms with E-state index in [1.54, 1.807) is 4.90 Å². The maximum Gasteiger partial charge on any atom is 0.287 e. The third-order valence-electron chi connectivity index (χ3n) is 4.05. The number of amides is 1. The minimum absolute atomic E-state index is 0.0666. The highest BCUT2D eigenvalue weighted by atomic mass is 35.5. The van der Waals surface area contributed by atoms with Crippen LogP contribution in [0.15, 0.2) is 42.5 Å². The monoisotopic (exact) mass is 376 g/mol. The van der Waals surface area contributed by atoms with E-state index < -0.39 is 4.92 Å². The van der Waals surface area contributed by atoms with Gasteiger partial charge in [-0.15, -0.1) is 0 Å². The zero-order valence-corrected chi connectivity index (χ0v) is 14.8. The number of benzene rings is 2. The van der Waals surface area contributed by atoms with Gasteiger partial charge in [0.15, 0.2) is 17.6 Å². The van der Waals surface area contributed by atoms with Crippen molar-refractivity contribution in [2.45, 2.75) is 13.0 Å². The molecule has 7 nitrogen and oxygen atoms in total. The molecule has 2 aromatic rings. The highest BCUT2D eigenvalue weighted by Crippen LogP contribution is 2.31. The number of carbonyl (C=O) groups excluding carboxylic acids is 1. The van der Waals surface area contributed by atoms with E-state index in [-0.39, 0.29) is 22.7 Å². The Labute approximate surface area is 155 Å². The van der Waals surface area contributed by atoms with Gasteiger partial charge < -0.3 is 14.4 Å². The van der Waals surface area contributed by atoms with Gasteiger partial charge in [-0.2, -0.15) is 0 Å². The van der Waals surface area contributed by atoms with Gasteiger partial charge in [0.2, 0.25) is 0 Å². The van der Waals surface area contributed by atoms with Crippen molar-refractivity contribution in [3.63, 3.8) is 0 Å².